The third-order valence-corrected chi connectivity index (χ3v) is 7.73. The highest BCUT2D eigenvalue weighted by Gasteiger charge is 2.33. The molecule has 0 bridgehead atoms. The Morgan fingerprint density at radius 1 is 0.804 bits per heavy atom. The normalized spacial score (nSPS) is 13.5. The molecule has 0 fully saturated rings. The van der Waals surface area contributed by atoms with Gasteiger partial charge < -0.3 is 24.9 Å². The molecule has 9 heteroatoms. The summed E-state index contributed by atoms with van der Waals surface area (Å²) < 4.78 is 11.0. The number of amides is 2. The monoisotopic (exact) mass is 626 g/mol. The first-order chi connectivity index (χ1) is 21.8. The standard InChI is InChI=1S/C37H42N2O7/c1-23-14-17-25(18-15-23)20-33(41)31(19-16-24(2)40)38-35(43)32(21-34(42)46-37(3,4)5)39-36(44)45-22-30-28-12-8-6-10-26(28)27-11-7-9-13-29(27)30/h6-15,17-18,30-32H,16,19-22H2,1-5H3,(H,38,43)(H,39,44)/t31-,32-/m0/s1. The van der Waals surface area contributed by atoms with Gasteiger partial charge in [0.25, 0.3) is 0 Å². The van der Waals surface area contributed by atoms with Gasteiger partial charge in [0.05, 0.1) is 12.5 Å². The molecule has 2 amide bonds. The Bertz CT molecular complexity index is 1540. The molecular formula is C37H42N2O7. The second-order valence-electron chi connectivity index (χ2n) is 12.7. The predicted molar refractivity (Wildman–Crippen MR) is 174 cm³/mol. The molecule has 0 unspecified atom stereocenters. The van der Waals surface area contributed by atoms with Gasteiger partial charge in [-0.1, -0.05) is 78.4 Å². The summed E-state index contributed by atoms with van der Waals surface area (Å²) in [5.74, 6) is -2.10. The van der Waals surface area contributed by atoms with Crippen molar-refractivity contribution in [3.63, 3.8) is 0 Å². The third-order valence-electron chi connectivity index (χ3n) is 7.73. The van der Waals surface area contributed by atoms with Crippen LogP contribution in [0.2, 0.25) is 0 Å². The number of ketones is 2. The maximum Gasteiger partial charge on any atom is 0.407 e. The number of nitrogens with one attached hydrogen (secondary N) is 2. The SMILES string of the molecule is CC(=O)CC[C@H](NC(=O)[C@H](CC(=O)OC(C)(C)C)NC(=O)OCC1c2ccccc2-c2ccccc21)C(=O)Cc1ccc(C)cc1. The molecule has 0 aliphatic heterocycles. The summed E-state index contributed by atoms with van der Waals surface area (Å²) in [4.78, 5) is 64.6. The maximum atomic E-state index is 13.6. The number of carbonyl (C=O) groups excluding carboxylic acids is 5. The Labute approximate surface area is 270 Å². The van der Waals surface area contributed by atoms with Gasteiger partial charge >= 0.3 is 12.1 Å². The quantitative estimate of drug-likeness (QED) is 0.237. The van der Waals surface area contributed by atoms with Crippen LogP contribution in [0.1, 0.15) is 75.1 Å². The van der Waals surface area contributed by atoms with Crippen molar-refractivity contribution < 1.29 is 33.4 Å². The number of fused-ring (bicyclic) bond motifs is 3. The number of Topliss-reactive ketones (excluding diaryl/α,β-unsaturated/α-hetero) is 2. The molecule has 0 saturated heterocycles. The number of alkyl carbamates (subject to hydrolysis) is 1. The number of aryl methyl sites for hydroxylation is 1. The summed E-state index contributed by atoms with van der Waals surface area (Å²) in [6.07, 6.45) is -1.19. The third kappa shape index (κ3) is 9.36. The van der Waals surface area contributed by atoms with Gasteiger partial charge in [0, 0.05) is 18.8 Å². The van der Waals surface area contributed by atoms with Crippen molar-refractivity contribution in [2.24, 2.45) is 0 Å². The van der Waals surface area contributed by atoms with E-state index in [1.54, 1.807) is 20.8 Å². The first-order valence-corrected chi connectivity index (χ1v) is 15.5. The van der Waals surface area contributed by atoms with E-state index in [0.717, 1.165) is 33.4 Å². The van der Waals surface area contributed by atoms with E-state index in [1.807, 2.05) is 79.7 Å². The molecule has 1 aliphatic rings. The number of benzene rings is 3. The van der Waals surface area contributed by atoms with Crippen LogP contribution in [-0.4, -0.2) is 53.8 Å². The van der Waals surface area contributed by atoms with Crippen LogP contribution < -0.4 is 10.6 Å². The molecule has 0 heterocycles. The van der Waals surface area contributed by atoms with Crippen molar-refractivity contribution in [1.82, 2.24) is 10.6 Å². The molecule has 46 heavy (non-hydrogen) atoms. The highest BCUT2D eigenvalue weighted by molar-refractivity contribution is 5.95. The van der Waals surface area contributed by atoms with Crippen molar-refractivity contribution in [3.05, 3.63) is 95.1 Å². The van der Waals surface area contributed by atoms with Crippen molar-refractivity contribution in [2.45, 2.75) is 83.9 Å². The Hall–Kier alpha value is -4.79. The molecule has 0 radical (unpaired) electrons. The summed E-state index contributed by atoms with van der Waals surface area (Å²) in [6, 6.07) is 20.9. The van der Waals surface area contributed by atoms with E-state index in [4.69, 9.17) is 9.47 Å². The Balaban J connectivity index is 1.48. The highest BCUT2D eigenvalue weighted by Crippen LogP contribution is 2.44. The van der Waals surface area contributed by atoms with Crippen molar-refractivity contribution >= 4 is 29.5 Å². The van der Waals surface area contributed by atoms with Crippen molar-refractivity contribution in [2.75, 3.05) is 6.61 Å². The molecule has 1 aliphatic carbocycles. The zero-order valence-corrected chi connectivity index (χ0v) is 27.1. The predicted octanol–water partition coefficient (Wildman–Crippen LogP) is 5.60. The largest absolute Gasteiger partial charge is 0.460 e. The molecule has 0 aromatic heterocycles. The van der Waals surface area contributed by atoms with Crippen LogP contribution in [0.15, 0.2) is 72.8 Å². The fourth-order valence-corrected chi connectivity index (χ4v) is 5.51. The van der Waals surface area contributed by atoms with Crippen LogP contribution in [0.5, 0.6) is 0 Å². The molecule has 3 aromatic rings. The number of ether oxygens (including phenoxy) is 2. The topological polar surface area (TPSA) is 128 Å². The van der Waals surface area contributed by atoms with Crippen LogP contribution in [0.3, 0.4) is 0 Å². The molecule has 4 rings (SSSR count). The number of hydrogen-bond donors (Lipinski definition) is 2. The van der Waals surface area contributed by atoms with E-state index in [9.17, 15) is 24.0 Å². The zero-order chi connectivity index (χ0) is 33.4. The summed E-state index contributed by atoms with van der Waals surface area (Å²) >= 11 is 0. The van der Waals surface area contributed by atoms with E-state index < -0.39 is 42.1 Å². The minimum Gasteiger partial charge on any atom is -0.460 e. The molecule has 2 N–H and O–H groups in total. The number of hydrogen-bond acceptors (Lipinski definition) is 7. The van der Waals surface area contributed by atoms with Gasteiger partial charge in [0.15, 0.2) is 5.78 Å². The summed E-state index contributed by atoms with van der Waals surface area (Å²) in [6.45, 7) is 8.45. The fraction of sp³-hybridized carbons (Fsp3) is 0.378. The van der Waals surface area contributed by atoms with Crippen LogP contribution in [0, 0.1) is 6.92 Å². The smallest absolute Gasteiger partial charge is 0.407 e. The Morgan fingerprint density at radius 2 is 1.39 bits per heavy atom. The van der Waals surface area contributed by atoms with Gasteiger partial charge in [-0.25, -0.2) is 4.79 Å². The number of carbonyl (C=O) groups is 5. The molecule has 3 aromatic carbocycles. The molecule has 2 atom stereocenters. The maximum absolute atomic E-state index is 13.6. The van der Waals surface area contributed by atoms with Gasteiger partial charge in [-0.05, 0) is 68.9 Å². The van der Waals surface area contributed by atoms with Crippen LogP contribution in [0.25, 0.3) is 11.1 Å². The molecular weight excluding hydrogens is 584 g/mol. The van der Waals surface area contributed by atoms with Gasteiger partial charge in [0.2, 0.25) is 5.91 Å². The summed E-state index contributed by atoms with van der Waals surface area (Å²) in [5, 5.41) is 5.20. The lowest BCUT2D eigenvalue weighted by Gasteiger charge is -2.25. The second-order valence-corrected chi connectivity index (χ2v) is 12.7. The molecule has 9 nitrogen and oxygen atoms in total. The average molecular weight is 627 g/mol. The Kier molecular flexibility index (Phi) is 11.1. The Morgan fingerprint density at radius 3 is 1.96 bits per heavy atom. The van der Waals surface area contributed by atoms with Crippen molar-refractivity contribution in [3.8, 4) is 11.1 Å². The molecule has 0 spiro atoms. The first-order valence-electron chi connectivity index (χ1n) is 15.5. The minimum atomic E-state index is -1.39. The first kappa shape index (κ1) is 34.1. The lowest BCUT2D eigenvalue weighted by molar-refractivity contribution is -0.156. The van der Waals surface area contributed by atoms with Gasteiger partial charge in [-0.3, -0.25) is 14.4 Å². The van der Waals surface area contributed by atoms with E-state index in [2.05, 4.69) is 10.6 Å². The number of rotatable bonds is 13. The van der Waals surface area contributed by atoms with Gasteiger partial charge in [0.1, 0.15) is 24.0 Å². The molecule has 0 saturated carbocycles. The van der Waals surface area contributed by atoms with E-state index in [1.165, 1.54) is 6.92 Å². The average Bonchev–Trinajstić information content (AvgIpc) is 3.31. The minimum absolute atomic E-state index is 0.0108. The van der Waals surface area contributed by atoms with Crippen molar-refractivity contribution in [1.29, 1.82) is 0 Å². The van der Waals surface area contributed by atoms with Gasteiger partial charge in [-0.15, -0.1) is 0 Å². The second kappa shape index (κ2) is 15.0. The highest BCUT2D eigenvalue weighted by atomic mass is 16.6. The zero-order valence-electron chi connectivity index (χ0n) is 27.1. The fourth-order valence-electron chi connectivity index (χ4n) is 5.51. The van der Waals surface area contributed by atoms with E-state index in [0.29, 0.717) is 0 Å². The van der Waals surface area contributed by atoms with Crippen LogP contribution >= 0.6 is 0 Å². The lowest BCUT2D eigenvalue weighted by atomic mass is 9.98. The van der Waals surface area contributed by atoms with Crippen LogP contribution in [0.4, 0.5) is 4.79 Å². The molecule has 242 valence electrons. The van der Waals surface area contributed by atoms with Crippen LogP contribution in [-0.2, 0) is 35.1 Å². The number of esters is 1. The van der Waals surface area contributed by atoms with Gasteiger partial charge in [-0.2, -0.15) is 0 Å². The lowest BCUT2D eigenvalue weighted by Crippen LogP contribution is -2.53. The van der Waals surface area contributed by atoms with E-state index >= 15 is 0 Å². The summed E-state index contributed by atoms with van der Waals surface area (Å²) in [7, 11) is 0. The summed E-state index contributed by atoms with van der Waals surface area (Å²) in [5.41, 5.74) is 5.18. The van der Waals surface area contributed by atoms with E-state index in [-0.39, 0.29) is 43.4 Å².